The molecule has 1 aromatic heterocycles. The van der Waals surface area contributed by atoms with E-state index in [-0.39, 0.29) is 0 Å². The Kier molecular flexibility index (Phi) is 1.91. The first-order valence-electron chi connectivity index (χ1n) is 3.16. The molecule has 62 valence electrons. The summed E-state index contributed by atoms with van der Waals surface area (Å²) in [6.07, 6.45) is 1.61. The highest BCUT2D eigenvalue weighted by Gasteiger charge is 2.08. The summed E-state index contributed by atoms with van der Waals surface area (Å²) < 4.78 is 0. The number of benzene rings is 1. The van der Waals surface area contributed by atoms with Crippen molar-refractivity contribution in [3.63, 3.8) is 0 Å². The van der Waals surface area contributed by atoms with Crippen molar-refractivity contribution in [2.24, 2.45) is 0 Å². The maximum atomic E-state index is 5.88. The van der Waals surface area contributed by atoms with Crippen molar-refractivity contribution in [3.05, 3.63) is 27.3 Å². The predicted molar refractivity (Wildman–Crippen MR) is 51.1 cm³/mol. The molecule has 0 spiro atoms. The fourth-order valence-corrected chi connectivity index (χ4v) is 1.72. The molecular formula is C7H3Cl3N2. The topological polar surface area (TPSA) is 28.7 Å². The van der Waals surface area contributed by atoms with E-state index in [2.05, 4.69) is 10.2 Å². The molecule has 0 unspecified atom stereocenters. The lowest BCUT2D eigenvalue weighted by molar-refractivity contribution is 1.12. The molecule has 2 aromatic rings. The molecule has 1 aromatic carbocycles. The lowest BCUT2D eigenvalue weighted by Gasteiger charge is -1.98. The maximum Gasteiger partial charge on any atom is 0.0866 e. The van der Waals surface area contributed by atoms with Gasteiger partial charge in [0.1, 0.15) is 0 Å². The number of rotatable bonds is 0. The molecule has 0 saturated heterocycles. The molecule has 0 aliphatic rings. The Bertz CT molecular complexity index is 435. The summed E-state index contributed by atoms with van der Waals surface area (Å²) in [5, 5.41) is 8.74. The molecule has 0 amide bonds. The van der Waals surface area contributed by atoms with Gasteiger partial charge in [0.2, 0.25) is 0 Å². The van der Waals surface area contributed by atoms with Gasteiger partial charge in [-0.3, -0.25) is 5.10 Å². The third kappa shape index (κ3) is 1.07. The minimum absolute atomic E-state index is 0.429. The Balaban J connectivity index is 2.97. The third-order valence-corrected chi connectivity index (χ3v) is 2.68. The highest BCUT2D eigenvalue weighted by atomic mass is 35.5. The van der Waals surface area contributed by atoms with Gasteiger partial charge < -0.3 is 0 Å². The van der Waals surface area contributed by atoms with Gasteiger partial charge in [0.25, 0.3) is 0 Å². The van der Waals surface area contributed by atoms with Crippen molar-refractivity contribution in [3.8, 4) is 0 Å². The van der Waals surface area contributed by atoms with Crippen LogP contribution >= 0.6 is 34.8 Å². The fourth-order valence-electron chi connectivity index (χ4n) is 1.01. The smallest absolute Gasteiger partial charge is 0.0866 e. The summed E-state index contributed by atoms with van der Waals surface area (Å²) >= 11 is 17.5. The van der Waals surface area contributed by atoms with E-state index in [0.29, 0.717) is 20.6 Å². The molecule has 0 aliphatic carbocycles. The van der Waals surface area contributed by atoms with E-state index in [1.54, 1.807) is 12.3 Å². The van der Waals surface area contributed by atoms with E-state index in [9.17, 15) is 0 Å². The lowest BCUT2D eigenvalue weighted by atomic mass is 10.2. The summed E-state index contributed by atoms with van der Waals surface area (Å²) in [6, 6.07) is 1.60. The van der Waals surface area contributed by atoms with Gasteiger partial charge in [0, 0.05) is 5.39 Å². The van der Waals surface area contributed by atoms with Crippen LogP contribution in [0.1, 0.15) is 0 Å². The zero-order valence-corrected chi connectivity index (χ0v) is 8.00. The van der Waals surface area contributed by atoms with Gasteiger partial charge in [-0.1, -0.05) is 34.8 Å². The number of aromatic nitrogens is 2. The maximum absolute atomic E-state index is 5.88. The standard InChI is InChI=1S/C7H3Cl3N2/c8-4-1-5(9)6(10)7-3(4)2-11-12-7/h1-2H,(H,11,12). The van der Waals surface area contributed by atoms with Gasteiger partial charge in [0.15, 0.2) is 0 Å². The largest absolute Gasteiger partial charge is 0.276 e. The average molecular weight is 221 g/mol. The van der Waals surface area contributed by atoms with E-state index in [0.717, 1.165) is 5.39 Å². The highest BCUT2D eigenvalue weighted by molar-refractivity contribution is 6.47. The van der Waals surface area contributed by atoms with E-state index in [1.807, 2.05) is 0 Å². The molecule has 0 atom stereocenters. The number of hydrogen-bond donors (Lipinski definition) is 1. The van der Waals surface area contributed by atoms with Crippen molar-refractivity contribution >= 4 is 45.7 Å². The number of nitrogens with zero attached hydrogens (tertiary/aromatic N) is 1. The van der Waals surface area contributed by atoms with Crippen LogP contribution in [0.3, 0.4) is 0 Å². The average Bonchev–Trinajstić information content (AvgIpc) is 2.48. The van der Waals surface area contributed by atoms with Crippen molar-refractivity contribution in [2.45, 2.75) is 0 Å². The van der Waals surface area contributed by atoms with Gasteiger partial charge in [-0.05, 0) is 6.07 Å². The van der Waals surface area contributed by atoms with Crippen LogP contribution in [0.5, 0.6) is 0 Å². The second-order valence-corrected chi connectivity index (χ2v) is 3.51. The van der Waals surface area contributed by atoms with Gasteiger partial charge in [-0.25, -0.2) is 0 Å². The first-order chi connectivity index (χ1) is 5.70. The van der Waals surface area contributed by atoms with Gasteiger partial charge in [0.05, 0.1) is 26.8 Å². The Labute approximate surface area is 83.4 Å². The molecule has 12 heavy (non-hydrogen) atoms. The van der Waals surface area contributed by atoms with Gasteiger partial charge in [-0.15, -0.1) is 0 Å². The number of H-pyrrole nitrogens is 1. The molecule has 2 nitrogen and oxygen atoms in total. The third-order valence-electron chi connectivity index (χ3n) is 1.58. The van der Waals surface area contributed by atoms with Crippen LogP contribution in [0.2, 0.25) is 15.1 Å². The molecule has 1 heterocycles. The van der Waals surface area contributed by atoms with Crippen molar-refractivity contribution in [2.75, 3.05) is 0 Å². The number of hydrogen-bond acceptors (Lipinski definition) is 1. The predicted octanol–water partition coefficient (Wildman–Crippen LogP) is 3.52. The molecule has 0 saturated carbocycles. The fraction of sp³-hybridized carbons (Fsp3) is 0. The first-order valence-corrected chi connectivity index (χ1v) is 4.30. The second kappa shape index (κ2) is 2.80. The zero-order chi connectivity index (χ0) is 8.72. The molecule has 0 bridgehead atoms. The van der Waals surface area contributed by atoms with Crippen LogP contribution < -0.4 is 0 Å². The van der Waals surface area contributed by atoms with E-state index in [1.165, 1.54) is 0 Å². The minimum Gasteiger partial charge on any atom is -0.276 e. The van der Waals surface area contributed by atoms with E-state index >= 15 is 0 Å². The van der Waals surface area contributed by atoms with Crippen molar-refractivity contribution in [1.82, 2.24) is 10.2 Å². The van der Waals surface area contributed by atoms with Crippen LogP contribution in [-0.2, 0) is 0 Å². The van der Waals surface area contributed by atoms with E-state index < -0.39 is 0 Å². The monoisotopic (exact) mass is 220 g/mol. The molecule has 0 aliphatic heterocycles. The zero-order valence-electron chi connectivity index (χ0n) is 5.74. The van der Waals surface area contributed by atoms with Crippen molar-refractivity contribution in [1.29, 1.82) is 0 Å². The summed E-state index contributed by atoms with van der Waals surface area (Å²) in [5.74, 6) is 0. The van der Waals surface area contributed by atoms with Crippen LogP contribution in [0.25, 0.3) is 10.9 Å². The second-order valence-electron chi connectivity index (χ2n) is 2.31. The Morgan fingerprint density at radius 2 is 1.92 bits per heavy atom. The molecule has 0 radical (unpaired) electrons. The Morgan fingerprint density at radius 3 is 2.67 bits per heavy atom. The lowest BCUT2D eigenvalue weighted by Crippen LogP contribution is -1.74. The summed E-state index contributed by atoms with van der Waals surface area (Å²) in [5.41, 5.74) is 0.675. The van der Waals surface area contributed by atoms with Crippen LogP contribution in [0, 0.1) is 0 Å². The summed E-state index contributed by atoms with van der Waals surface area (Å²) in [4.78, 5) is 0. The molecule has 5 heteroatoms. The van der Waals surface area contributed by atoms with Crippen LogP contribution in [-0.4, -0.2) is 10.2 Å². The summed E-state index contributed by atoms with van der Waals surface area (Å²) in [7, 11) is 0. The SMILES string of the molecule is Clc1cc(Cl)c2cn[nH]c2c1Cl. The number of aromatic amines is 1. The van der Waals surface area contributed by atoms with Crippen LogP contribution in [0.4, 0.5) is 0 Å². The molecular weight excluding hydrogens is 218 g/mol. The van der Waals surface area contributed by atoms with Crippen LogP contribution in [0.15, 0.2) is 12.3 Å². The number of halogens is 3. The van der Waals surface area contributed by atoms with Gasteiger partial charge in [-0.2, -0.15) is 5.10 Å². The first kappa shape index (κ1) is 8.17. The number of nitrogens with one attached hydrogen (secondary N) is 1. The van der Waals surface area contributed by atoms with Gasteiger partial charge >= 0.3 is 0 Å². The normalized spacial score (nSPS) is 10.9. The Hall–Kier alpha value is -0.440. The van der Waals surface area contributed by atoms with E-state index in [4.69, 9.17) is 34.8 Å². The molecule has 0 fully saturated rings. The highest BCUT2D eigenvalue weighted by Crippen LogP contribution is 2.34. The quantitative estimate of drug-likeness (QED) is 0.678. The minimum atomic E-state index is 0.429. The number of fused-ring (bicyclic) bond motifs is 1. The van der Waals surface area contributed by atoms with Crippen molar-refractivity contribution < 1.29 is 0 Å². The Morgan fingerprint density at radius 1 is 1.17 bits per heavy atom. The molecule has 2 rings (SSSR count). The molecule has 1 N–H and O–H groups in total. The summed E-state index contributed by atoms with van der Waals surface area (Å²) in [6.45, 7) is 0.